The zero-order valence-corrected chi connectivity index (χ0v) is 12.7. The molecule has 0 bridgehead atoms. The van der Waals surface area contributed by atoms with E-state index in [1.54, 1.807) is 0 Å². The maximum absolute atomic E-state index is 9.71. The molecule has 0 amide bonds. The lowest BCUT2D eigenvalue weighted by atomic mass is 9.82. The predicted molar refractivity (Wildman–Crippen MR) is 81.9 cm³/mol. The Hall–Kier alpha value is -1.06. The topological polar surface area (TPSA) is 41.5 Å². The lowest BCUT2D eigenvalue weighted by Crippen LogP contribution is -2.49. The van der Waals surface area contributed by atoms with Crippen molar-refractivity contribution in [2.45, 2.75) is 64.1 Å². The Bertz CT molecular complexity index is 411. The van der Waals surface area contributed by atoms with Crippen LogP contribution in [0.15, 0.2) is 24.3 Å². The van der Waals surface area contributed by atoms with Gasteiger partial charge in [-0.25, -0.2) is 0 Å². The van der Waals surface area contributed by atoms with Crippen LogP contribution in [0.1, 0.15) is 51.5 Å². The van der Waals surface area contributed by atoms with E-state index in [1.807, 2.05) is 26.0 Å². The van der Waals surface area contributed by atoms with Crippen LogP contribution in [0.5, 0.6) is 5.75 Å². The Morgan fingerprint density at radius 1 is 1.25 bits per heavy atom. The molecule has 2 rings (SSSR count). The fourth-order valence-corrected chi connectivity index (χ4v) is 2.91. The van der Waals surface area contributed by atoms with Crippen LogP contribution in [-0.4, -0.2) is 23.4 Å². The number of benzene rings is 1. The van der Waals surface area contributed by atoms with Gasteiger partial charge in [-0.2, -0.15) is 0 Å². The molecule has 3 nitrogen and oxygen atoms in total. The first-order valence-electron chi connectivity index (χ1n) is 7.75. The highest BCUT2D eigenvalue weighted by Crippen LogP contribution is 2.28. The first-order chi connectivity index (χ1) is 9.63. The van der Waals surface area contributed by atoms with Crippen LogP contribution < -0.4 is 10.1 Å². The molecule has 1 fully saturated rings. The van der Waals surface area contributed by atoms with E-state index < -0.39 is 0 Å². The predicted octanol–water partition coefficient (Wildman–Crippen LogP) is 3.26. The largest absolute Gasteiger partial charge is 0.491 e. The third-order valence-corrected chi connectivity index (χ3v) is 4.05. The van der Waals surface area contributed by atoms with Crippen LogP contribution in [0, 0.1) is 0 Å². The second-order valence-corrected chi connectivity index (χ2v) is 6.17. The lowest BCUT2D eigenvalue weighted by molar-refractivity contribution is 0.119. The Balaban J connectivity index is 1.95. The summed E-state index contributed by atoms with van der Waals surface area (Å²) >= 11 is 0. The molecule has 1 aliphatic rings. The summed E-state index contributed by atoms with van der Waals surface area (Å²) in [5, 5.41) is 13.3. The number of aliphatic hydroxyl groups excluding tert-OH is 1. The van der Waals surface area contributed by atoms with Crippen LogP contribution in [0.3, 0.4) is 0 Å². The van der Waals surface area contributed by atoms with E-state index >= 15 is 0 Å². The smallest absolute Gasteiger partial charge is 0.120 e. The molecular formula is C17H27NO2. The van der Waals surface area contributed by atoms with Crippen molar-refractivity contribution >= 4 is 0 Å². The Labute approximate surface area is 122 Å². The molecule has 1 saturated carbocycles. The molecule has 112 valence electrons. The monoisotopic (exact) mass is 277 g/mol. The van der Waals surface area contributed by atoms with Gasteiger partial charge in [0.2, 0.25) is 0 Å². The van der Waals surface area contributed by atoms with Crippen molar-refractivity contribution in [1.82, 2.24) is 5.32 Å². The van der Waals surface area contributed by atoms with Gasteiger partial charge in [-0.1, -0.05) is 31.4 Å². The van der Waals surface area contributed by atoms with Gasteiger partial charge in [0, 0.05) is 12.1 Å². The quantitative estimate of drug-likeness (QED) is 0.838. The summed E-state index contributed by atoms with van der Waals surface area (Å²) in [6.45, 7) is 5.09. The van der Waals surface area contributed by atoms with Crippen LogP contribution in [0.25, 0.3) is 0 Å². The number of ether oxygens (including phenoxy) is 1. The van der Waals surface area contributed by atoms with Crippen LogP contribution >= 0.6 is 0 Å². The molecule has 0 spiro atoms. The van der Waals surface area contributed by atoms with Crippen molar-refractivity contribution in [1.29, 1.82) is 0 Å². The molecule has 20 heavy (non-hydrogen) atoms. The van der Waals surface area contributed by atoms with Gasteiger partial charge in [0.25, 0.3) is 0 Å². The summed E-state index contributed by atoms with van der Waals surface area (Å²) in [7, 11) is 0. The molecule has 1 aromatic carbocycles. The first-order valence-corrected chi connectivity index (χ1v) is 7.75. The maximum atomic E-state index is 9.71. The molecule has 0 heterocycles. The minimum absolute atomic E-state index is 0.0762. The Kier molecular flexibility index (Phi) is 5.44. The highest BCUT2D eigenvalue weighted by atomic mass is 16.5. The van der Waals surface area contributed by atoms with Gasteiger partial charge in [-0.15, -0.1) is 0 Å². The Morgan fingerprint density at radius 2 is 2.00 bits per heavy atom. The molecule has 0 saturated heterocycles. The second kappa shape index (κ2) is 7.09. The van der Waals surface area contributed by atoms with Crippen molar-refractivity contribution in [3.8, 4) is 5.75 Å². The minimum Gasteiger partial charge on any atom is -0.491 e. The van der Waals surface area contributed by atoms with Gasteiger partial charge in [0.1, 0.15) is 5.75 Å². The average molecular weight is 277 g/mol. The average Bonchev–Trinajstić information content (AvgIpc) is 2.46. The van der Waals surface area contributed by atoms with Crippen LogP contribution in [-0.2, 0) is 6.54 Å². The lowest BCUT2D eigenvalue weighted by Gasteiger charge is -2.36. The van der Waals surface area contributed by atoms with Crippen molar-refractivity contribution in [3.63, 3.8) is 0 Å². The SMILES string of the molecule is CC(C)Oc1cccc(CNC2(CO)CCCCC2)c1. The molecular weight excluding hydrogens is 250 g/mol. The van der Waals surface area contributed by atoms with Crippen molar-refractivity contribution < 1.29 is 9.84 Å². The van der Waals surface area contributed by atoms with E-state index in [0.717, 1.165) is 25.1 Å². The maximum Gasteiger partial charge on any atom is 0.120 e. The minimum atomic E-state index is -0.0762. The van der Waals surface area contributed by atoms with Crippen LogP contribution in [0.4, 0.5) is 0 Å². The van der Waals surface area contributed by atoms with Gasteiger partial charge in [-0.05, 0) is 44.4 Å². The fraction of sp³-hybridized carbons (Fsp3) is 0.647. The summed E-state index contributed by atoms with van der Waals surface area (Å²) in [4.78, 5) is 0. The number of rotatable bonds is 6. The standard InChI is InChI=1S/C17H27NO2/c1-14(2)20-16-8-6-7-15(11-16)12-18-17(13-19)9-4-3-5-10-17/h6-8,11,14,18-19H,3-5,9-10,12-13H2,1-2H3. The summed E-state index contributed by atoms with van der Waals surface area (Å²) in [5.74, 6) is 0.918. The molecule has 0 aromatic heterocycles. The molecule has 1 aromatic rings. The van der Waals surface area contributed by atoms with E-state index in [4.69, 9.17) is 4.74 Å². The van der Waals surface area contributed by atoms with Crippen molar-refractivity contribution in [3.05, 3.63) is 29.8 Å². The zero-order valence-electron chi connectivity index (χ0n) is 12.7. The molecule has 3 heteroatoms. The van der Waals surface area contributed by atoms with Crippen LogP contribution in [0.2, 0.25) is 0 Å². The molecule has 2 N–H and O–H groups in total. The van der Waals surface area contributed by atoms with Gasteiger partial charge in [0.05, 0.1) is 12.7 Å². The summed E-state index contributed by atoms with van der Waals surface area (Å²) in [6.07, 6.45) is 6.06. The third-order valence-electron chi connectivity index (χ3n) is 4.05. The highest BCUT2D eigenvalue weighted by molar-refractivity contribution is 5.28. The second-order valence-electron chi connectivity index (χ2n) is 6.17. The normalized spacial score (nSPS) is 18.2. The van der Waals surface area contributed by atoms with E-state index in [0.29, 0.717) is 0 Å². The van der Waals surface area contributed by atoms with Crippen molar-refractivity contribution in [2.24, 2.45) is 0 Å². The summed E-state index contributed by atoms with van der Waals surface area (Å²) in [6, 6.07) is 8.21. The zero-order chi connectivity index (χ0) is 14.4. The molecule has 0 aliphatic heterocycles. The Morgan fingerprint density at radius 3 is 2.65 bits per heavy atom. The van der Waals surface area contributed by atoms with Gasteiger partial charge in [-0.3, -0.25) is 0 Å². The van der Waals surface area contributed by atoms with Gasteiger partial charge >= 0.3 is 0 Å². The summed E-state index contributed by atoms with van der Waals surface area (Å²) in [5.41, 5.74) is 1.13. The first kappa shape index (κ1) is 15.3. The molecule has 0 atom stereocenters. The summed E-state index contributed by atoms with van der Waals surface area (Å²) < 4.78 is 5.72. The van der Waals surface area contributed by atoms with E-state index in [-0.39, 0.29) is 18.2 Å². The number of hydrogen-bond donors (Lipinski definition) is 2. The third kappa shape index (κ3) is 4.22. The van der Waals surface area contributed by atoms with E-state index in [1.165, 1.54) is 24.8 Å². The fourth-order valence-electron chi connectivity index (χ4n) is 2.91. The molecule has 1 aliphatic carbocycles. The molecule has 0 unspecified atom stereocenters. The van der Waals surface area contributed by atoms with Gasteiger partial charge in [0.15, 0.2) is 0 Å². The molecule has 0 radical (unpaired) electrons. The van der Waals surface area contributed by atoms with E-state index in [2.05, 4.69) is 17.4 Å². The van der Waals surface area contributed by atoms with Crippen molar-refractivity contribution in [2.75, 3.05) is 6.61 Å². The number of aliphatic hydroxyl groups is 1. The number of hydrogen-bond acceptors (Lipinski definition) is 3. The number of nitrogens with one attached hydrogen (secondary N) is 1. The van der Waals surface area contributed by atoms with E-state index in [9.17, 15) is 5.11 Å². The highest BCUT2D eigenvalue weighted by Gasteiger charge is 2.30. The van der Waals surface area contributed by atoms with Gasteiger partial charge < -0.3 is 15.2 Å².